The maximum absolute atomic E-state index is 11.3. The van der Waals surface area contributed by atoms with E-state index in [1.54, 1.807) is 0 Å². The number of nitrogens with two attached hydrogens (primary N) is 1. The van der Waals surface area contributed by atoms with Crippen LogP contribution < -0.4 is 5.73 Å². The fourth-order valence-electron chi connectivity index (χ4n) is 8.45. The Hall–Kier alpha value is -0.990. The van der Waals surface area contributed by atoms with Gasteiger partial charge in [-0.2, -0.15) is 0 Å². The predicted octanol–water partition coefficient (Wildman–Crippen LogP) is 9.30. The number of hydrogen-bond acceptors (Lipinski definition) is 2. The zero-order chi connectivity index (χ0) is 25.5. The summed E-state index contributed by atoms with van der Waals surface area (Å²) in [6, 6.07) is 0. The summed E-state index contributed by atoms with van der Waals surface area (Å²) in [5.74, 6) is 4.16. The Morgan fingerprint density at radius 3 is 2.35 bits per heavy atom. The van der Waals surface area contributed by atoms with Crippen LogP contribution in [0.5, 0.6) is 0 Å². The van der Waals surface area contributed by atoms with E-state index >= 15 is 0 Å². The van der Waals surface area contributed by atoms with Crippen molar-refractivity contribution in [2.24, 2.45) is 46.2 Å². The SMILES string of the molecule is CCCC1(C)CC(C2CCC(C(C)CCCC(C)C)C2(CC)CC)CC=C1CC(C)OC(N)=O. The molecule has 0 heterocycles. The second-order valence-corrected chi connectivity index (χ2v) is 12.7. The largest absolute Gasteiger partial charge is 0.446 e. The summed E-state index contributed by atoms with van der Waals surface area (Å²) in [5.41, 5.74) is 7.50. The molecule has 0 aliphatic heterocycles. The zero-order valence-electron chi connectivity index (χ0n) is 23.9. The molecular weight excluding hydrogens is 418 g/mol. The fraction of sp³-hybridized carbons (Fsp3) is 0.903. The van der Waals surface area contributed by atoms with Crippen LogP contribution in [0.25, 0.3) is 0 Å². The Bertz CT molecular complexity index is 664. The average Bonchev–Trinajstić information content (AvgIpc) is 3.14. The summed E-state index contributed by atoms with van der Waals surface area (Å²) in [7, 11) is 0. The van der Waals surface area contributed by atoms with Gasteiger partial charge in [-0.15, -0.1) is 0 Å². The van der Waals surface area contributed by atoms with Crippen LogP contribution in [-0.2, 0) is 4.74 Å². The Morgan fingerprint density at radius 1 is 1.12 bits per heavy atom. The summed E-state index contributed by atoms with van der Waals surface area (Å²) in [4.78, 5) is 11.3. The first-order chi connectivity index (χ1) is 16.0. The first-order valence-electron chi connectivity index (χ1n) is 14.7. The average molecular weight is 476 g/mol. The molecular formula is C31H57NO2. The standard InChI is InChI=1S/C31H57NO2/c1-9-19-30(8)21-25(15-16-26(30)20-24(7)34-29(32)33)28-18-17-27(31(28,10-2)11-3)23(6)14-12-13-22(4)5/h16,22-25,27-28H,9-15,17-21H2,1-8H3,(H2,32,33). The molecule has 6 atom stereocenters. The van der Waals surface area contributed by atoms with Crippen LogP contribution in [0.3, 0.4) is 0 Å². The highest BCUT2D eigenvalue weighted by molar-refractivity contribution is 5.64. The lowest BCUT2D eigenvalue weighted by molar-refractivity contribution is 0.0281. The van der Waals surface area contributed by atoms with Gasteiger partial charge in [0, 0.05) is 6.42 Å². The summed E-state index contributed by atoms with van der Waals surface area (Å²) >= 11 is 0. The number of ether oxygens (including phenoxy) is 1. The summed E-state index contributed by atoms with van der Waals surface area (Å²) in [6.07, 6.45) is 17.1. The first kappa shape index (κ1) is 29.2. The molecule has 2 aliphatic rings. The molecule has 0 bridgehead atoms. The molecule has 0 aromatic heterocycles. The second-order valence-electron chi connectivity index (χ2n) is 12.7. The lowest BCUT2D eigenvalue weighted by Crippen LogP contribution is -2.40. The van der Waals surface area contributed by atoms with Crippen LogP contribution in [-0.4, -0.2) is 12.2 Å². The monoisotopic (exact) mass is 475 g/mol. The molecule has 1 amide bonds. The number of amides is 1. The molecule has 2 N–H and O–H groups in total. The van der Waals surface area contributed by atoms with Gasteiger partial charge in [0.2, 0.25) is 0 Å². The van der Waals surface area contributed by atoms with E-state index in [1.807, 2.05) is 6.92 Å². The van der Waals surface area contributed by atoms with Gasteiger partial charge in [0.05, 0.1) is 0 Å². The minimum Gasteiger partial charge on any atom is -0.446 e. The number of primary amides is 1. The molecule has 3 nitrogen and oxygen atoms in total. The van der Waals surface area contributed by atoms with Crippen molar-refractivity contribution >= 4 is 6.09 Å². The molecule has 0 spiro atoms. The third kappa shape index (κ3) is 6.82. The Kier molecular flexibility index (Phi) is 11.0. The number of allylic oxidation sites excluding steroid dienone is 1. The smallest absolute Gasteiger partial charge is 0.404 e. The van der Waals surface area contributed by atoms with Gasteiger partial charge in [0.25, 0.3) is 0 Å². The van der Waals surface area contributed by atoms with Crippen LogP contribution in [0.4, 0.5) is 4.79 Å². The van der Waals surface area contributed by atoms with Crippen molar-refractivity contribution in [1.82, 2.24) is 0 Å². The van der Waals surface area contributed by atoms with E-state index in [4.69, 9.17) is 10.5 Å². The number of carbonyl (C=O) groups excluding carboxylic acids is 1. The van der Waals surface area contributed by atoms with Gasteiger partial charge in [0.15, 0.2) is 0 Å². The number of rotatable bonds is 13. The van der Waals surface area contributed by atoms with Crippen molar-refractivity contribution in [3.8, 4) is 0 Å². The molecule has 0 saturated heterocycles. The first-order valence-corrected chi connectivity index (χ1v) is 14.7. The van der Waals surface area contributed by atoms with Gasteiger partial charge in [-0.05, 0) is 92.3 Å². The Labute approximate surface area is 212 Å². The van der Waals surface area contributed by atoms with Crippen molar-refractivity contribution in [2.45, 2.75) is 139 Å². The van der Waals surface area contributed by atoms with E-state index in [2.05, 4.69) is 54.5 Å². The lowest BCUT2D eigenvalue weighted by atomic mass is 9.56. The Morgan fingerprint density at radius 2 is 1.79 bits per heavy atom. The van der Waals surface area contributed by atoms with Crippen molar-refractivity contribution in [3.63, 3.8) is 0 Å². The fourth-order valence-corrected chi connectivity index (χ4v) is 8.45. The molecule has 1 fully saturated rings. The van der Waals surface area contributed by atoms with E-state index in [0.717, 1.165) is 36.0 Å². The highest BCUT2D eigenvalue weighted by Crippen LogP contribution is 2.61. The van der Waals surface area contributed by atoms with E-state index in [9.17, 15) is 4.79 Å². The van der Waals surface area contributed by atoms with E-state index in [0.29, 0.717) is 5.41 Å². The minimum atomic E-state index is -0.658. The molecule has 2 aliphatic carbocycles. The number of hydrogen-bond donors (Lipinski definition) is 1. The molecule has 6 unspecified atom stereocenters. The summed E-state index contributed by atoms with van der Waals surface area (Å²) in [5, 5.41) is 0. The van der Waals surface area contributed by atoms with Gasteiger partial charge in [-0.3, -0.25) is 0 Å². The van der Waals surface area contributed by atoms with Crippen molar-refractivity contribution in [3.05, 3.63) is 11.6 Å². The summed E-state index contributed by atoms with van der Waals surface area (Å²) < 4.78 is 5.30. The van der Waals surface area contributed by atoms with Gasteiger partial charge in [-0.1, -0.05) is 85.8 Å². The summed E-state index contributed by atoms with van der Waals surface area (Å²) in [6.45, 7) is 19.0. The highest BCUT2D eigenvalue weighted by atomic mass is 16.6. The topological polar surface area (TPSA) is 52.3 Å². The normalized spacial score (nSPS) is 30.7. The van der Waals surface area contributed by atoms with Gasteiger partial charge in [-0.25, -0.2) is 4.79 Å². The van der Waals surface area contributed by atoms with Crippen LogP contribution in [0.15, 0.2) is 11.6 Å². The molecule has 1 saturated carbocycles. The quantitative estimate of drug-likeness (QED) is 0.270. The number of carbonyl (C=O) groups is 1. The third-order valence-corrected chi connectivity index (χ3v) is 10.1. The van der Waals surface area contributed by atoms with Crippen LogP contribution in [0, 0.1) is 40.4 Å². The molecule has 2 rings (SSSR count). The lowest BCUT2D eigenvalue weighted by Gasteiger charge is -2.49. The molecule has 3 heteroatoms. The zero-order valence-corrected chi connectivity index (χ0v) is 23.9. The van der Waals surface area contributed by atoms with E-state index in [1.165, 1.54) is 76.2 Å². The van der Waals surface area contributed by atoms with Gasteiger partial charge in [0.1, 0.15) is 6.10 Å². The van der Waals surface area contributed by atoms with E-state index < -0.39 is 6.09 Å². The Balaban J connectivity index is 2.22. The van der Waals surface area contributed by atoms with Crippen LogP contribution in [0.1, 0.15) is 132 Å². The minimum absolute atomic E-state index is 0.149. The van der Waals surface area contributed by atoms with Crippen molar-refractivity contribution in [2.75, 3.05) is 0 Å². The second kappa shape index (κ2) is 12.8. The highest BCUT2D eigenvalue weighted by Gasteiger charge is 2.52. The van der Waals surface area contributed by atoms with Crippen LogP contribution in [0.2, 0.25) is 0 Å². The molecule has 198 valence electrons. The van der Waals surface area contributed by atoms with Gasteiger partial charge < -0.3 is 10.5 Å². The van der Waals surface area contributed by atoms with Crippen LogP contribution >= 0.6 is 0 Å². The molecule has 0 aromatic rings. The molecule has 0 aromatic carbocycles. The predicted molar refractivity (Wildman–Crippen MR) is 146 cm³/mol. The molecule has 34 heavy (non-hydrogen) atoms. The van der Waals surface area contributed by atoms with Crippen molar-refractivity contribution in [1.29, 1.82) is 0 Å². The maximum Gasteiger partial charge on any atom is 0.404 e. The molecule has 0 radical (unpaired) electrons. The van der Waals surface area contributed by atoms with Gasteiger partial charge >= 0.3 is 6.09 Å². The maximum atomic E-state index is 11.3. The van der Waals surface area contributed by atoms with E-state index in [-0.39, 0.29) is 11.5 Å². The van der Waals surface area contributed by atoms with Crippen molar-refractivity contribution < 1.29 is 9.53 Å². The third-order valence-electron chi connectivity index (χ3n) is 10.1.